The summed E-state index contributed by atoms with van der Waals surface area (Å²) in [5, 5.41) is 13.7. The fraction of sp³-hybridized carbons (Fsp3) is 0.733. The van der Waals surface area contributed by atoms with Gasteiger partial charge in [0, 0.05) is 45.7 Å². The van der Waals surface area contributed by atoms with Gasteiger partial charge in [-0.3, -0.25) is 9.88 Å². The van der Waals surface area contributed by atoms with Gasteiger partial charge in [-0.2, -0.15) is 0 Å². The van der Waals surface area contributed by atoms with Gasteiger partial charge in [-0.05, 0) is 13.5 Å². The molecule has 0 aromatic carbocycles. The Balaban J connectivity index is 1.82. The monoisotopic (exact) mass is 294 g/mol. The highest BCUT2D eigenvalue weighted by atomic mass is 16.5. The van der Waals surface area contributed by atoms with Crippen LogP contribution in [0.25, 0.3) is 0 Å². The van der Waals surface area contributed by atoms with Crippen LogP contribution in [0.4, 0.5) is 5.82 Å². The van der Waals surface area contributed by atoms with E-state index in [2.05, 4.69) is 27.1 Å². The number of aliphatic hydroxyl groups is 1. The third-order valence-corrected chi connectivity index (χ3v) is 3.68. The second-order valence-electron chi connectivity index (χ2n) is 5.83. The van der Waals surface area contributed by atoms with E-state index in [0.717, 1.165) is 24.5 Å². The number of aromatic nitrogens is 2. The Hall–Kier alpha value is -1.24. The van der Waals surface area contributed by atoms with Crippen LogP contribution in [0.3, 0.4) is 0 Å². The van der Waals surface area contributed by atoms with E-state index in [4.69, 9.17) is 4.74 Å². The molecule has 0 amide bonds. The third-order valence-electron chi connectivity index (χ3n) is 3.68. The highest BCUT2D eigenvalue weighted by Gasteiger charge is 2.30. The third kappa shape index (κ3) is 5.22. The van der Waals surface area contributed by atoms with Crippen molar-refractivity contribution in [1.82, 2.24) is 14.9 Å². The van der Waals surface area contributed by atoms with Crippen molar-refractivity contribution in [3.05, 3.63) is 18.1 Å². The number of likely N-dealkylation sites (N-methyl/N-ethyl adjacent to an activating group) is 1. The second kappa shape index (κ2) is 7.68. The van der Waals surface area contributed by atoms with E-state index in [1.54, 1.807) is 12.4 Å². The molecule has 0 unspecified atom stereocenters. The summed E-state index contributed by atoms with van der Waals surface area (Å²) in [6, 6.07) is 0. The maximum atomic E-state index is 10.5. The van der Waals surface area contributed by atoms with E-state index in [-0.39, 0.29) is 0 Å². The molecule has 21 heavy (non-hydrogen) atoms. The first kappa shape index (κ1) is 16.1. The molecule has 1 aromatic rings. The summed E-state index contributed by atoms with van der Waals surface area (Å²) < 4.78 is 5.30. The van der Waals surface area contributed by atoms with Gasteiger partial charge in [-0.15, -0.1) is 0 Å². The Kier molecular flexibility index (Phi) is 5.90. The molecule has 2 heterocycles. The predicted octanol–water partition coefficient (Wildman–Crippen LogP) is 1.27. The van der Waals surface area contributed by atoms with Gasteiger partial charge in [0.25, 0.3) is 0 Å². The van der Waals surface area contributed by atoms with Crippen molar-refractivity contribution < 1.29 is 9.84 Å². The first-order valence-electron chi connectivity index (χ1n) is 7.65. The first-order chi connectivity index (χ1) is 10.1. The van der Waals surface area contributed by atoms with E-state index in [1.165, 1.54) is 0 Å². The lowest BCUT2D eigenvalue weighted by molar-refractivity contribution is -0.0778. The summed E-state index contributed by atoms with van der Waals surface area (Å²) >= 11 is 0. The lowest BCUT2D eigenvalue weighted by Gasteiger charge is -2.35. The molecule has 1 aliphatic heterocycles. The number of nitrogens with zero attached hydrogens (tertiary/aromatic N) is 3. The SMILES string of the molecule is CCCNc1cnc(CN(C)CC2(O)CCOCC2)cn1. The molecule has 1 aromatic heterocycles. The molecule has 1 fully saturated rings. The van der Waals surface area contributed by atoms with Gasteiger partial charge in [-0.25, -0.2) is 4.98 Å². The molecule has 118 valence electrons. The van der Waals surface area contributed by atoms with E-state index in [1.807, 2.05) is 7.05 Å². The van der Waals surface area contributed by atoms with Crippen LogP contribution in [0.1, 0.15) is 31.9 Å². The van der Waals surface area contributed by atoms with Crippen LogP contribution in [0, 0.1) is 0 Å². The molecular weight excluding hydrogens is 268 g/mol. The minimum absolute atomic E-state index is 0.633. The molecule has 0 radical (unpaired) electrons. The van der Waals surface area contributed by atoms with Crippen molar-refractivity contribution in [2.45, 2.75) is 38.3 Å². The predicted molar refractivity (Wildman–Crippen MR) is 82.1 cm³/mol. The quantitative estimate of drug-likeness (QED) is 0.789. The molecule has 1 saturated heterocycles. The van der Waals surface area contributed by atoms with Gasteiger partial charge < -0.3 is 15.2 Å². The number of nitrogens with one attached hydrogen (secondary N) is 1. The Bertz CT molecular complexity index is 418. The minimum Gasteiger partial charge on any atom is -0.388 e. The highest BCUT2D eigenvalue weighted by molar-refractivity contribution is 5.30. The number of anilines is 1. The topological polar surface area (TPSA) is 70.5 Å². The Morgan fingerprint density at radius 3 is 2.71 bits per heavy atom. The standard InChI is InChI=1S/C15H26N4O2/c1-3-6-16-14-10-17-13(9-18-14)11-19(2)12-15(20)4-7-21-8-5-15/h9-10,20H,3-8,11-12H2,1-2H3,(H,16,18). The number of rotatable bonds is 7. The maximum Gasteiger partial charge on any atom is 0.144 e. The first-order valence-corrected chi connectivity index (χ1v) is 7.65. The summed E-state index contributed by atoms with van der Waals surface area (Å²) in [7, 11) is 2.00. The number of ether oxygens (including phenoxy) is 1. The van der Waals surface area contributed by atoms with Crippen LogP contribution in [-0.2, 0) is 11.3 Å². The van der Waals surface area contributed by atoms with Crippen LogP contribution in [0.5, 0.6) is 0 Å². The molecule has 0 aliphatic carbocycles. The number of hydrogen-bond acceptors (Lipinski definition) is 6. The van der Waals surface area contributed by atoms with Crippen molar-refractivity contribution in [1.29, 1.82) is 0 Å². The van der Waals surface area contributed by atoms with E-state index in [9.17, 15) is 5.11 Å². The lowest BCUT2D eigenvalue weighted by Crippen LogP contribution is -2.45. The van der Waals surface area contributed by atoms with Gasteiger partial charge in [0.1, 0.15) is 5.82 Å². The van der Waals surface area contributed by atoms with E-state index in [0.29, 0.717) is 39.1 Å². The molecule has 1 aliphatic rings. The fourth-order valence-electron chi connectivity index (χ4n) is 2.53. The van der Waals surface area contributed by atoms with Crippen molar-refractivity contribution in [2.75, 3.05) is 38.7 Å². The van der Waals surface area contributed by atoms with Crippen LogP contribution in [0.2, 0.25) is 0 Å². The second-order valence-corrected chi connectivity index (χ2v) is 5.83. The molecule has 2 N–H and O–H groups in total. The zero-order chi connectivity index (χ0) is 15.1. The zero-order valence-corrected chi connectivity index (χ0v) is 13.0. The van der Waals surface area contributed by atoms with E-state index < -0.39 is 5.60 Å². The Labute approximate surface area is 126 Å². The molecule has 2 rings (SSSR count). The van der Waals surface area contributed by atoms with Gasteiger partial charge in [0.15, 0.2) is 0 Å². The minimum atomic E-state index is -0.636. The molecular formula is C15H26N4O2. The molecule has 0 saturated carbocycles. The van der Waals surface area contributed by atoms with Gasteiger partial charge >= 0.3 is 0 Å². The molecule has 0 spiro atoms. The summed E-state index contributed by atoms with van der Waals surface area (Å²) in [5.74, 6) is 0.811. The smallest absolute Gasteiger partial charge is 0.144 e. The number of hydrogen-bond donors (Lipinski definition) is 2. The summed E-state index contributed by atoms with van der Waals surface area (Å²) in [6.45, 7) is 5.62. The van der Waals surface area contributed by atoms with Crippen LogP contribution in [0.15, 0.2) is 12.4 Å². The van der Waals surface area contributed by atoms with Gasteiger partial charge in [-0.1, -0.05) is 6.92 Å². The molecule has 6 heteroatoms. The maximum absolute atomic E-state index is 10.5. The van der Waals surface area contributed by atoms with Crippen LogP contribution < -0.4 is 5.32 Å². The van der Waals surface area contributed by atoms with Crippen LogP contribution >= 0.6 is 0 Å². The molecule has 0 bridgehead atoms. The Morgan fingerprint density at radius 2 is 2.10 bits per heavy atom. The van der Waals surface area contributed by atoms with E-state index >= 15 is 0 Å². The van der Waals surface area contributed by atoms with Crippen molar-refractivity contribution in [3.63, 3.8) is 0 Å². The molecule has 0 atom stereocenters. The summed E-state index contributed by atoms with van der Waals surface area (Å²) in [6.07, 6.45) is 6.02. The Morgan fingerprint density at radius 1 is 1.33 bits per heavy atom. The average molecular weight is 294 g/mol. The highest BCUT2D eigenvalue weighted by Crippen LogP contribution is 2.21. The lowest BCUT2D eigenvalue weighted by atomic mass is 9.94. The van der Waals surface area contributed by atoms with Crippen molar-refractivity contribution >= 4 is 5.82 Å². The fourth-order valence-corrected chi connectivity index (χ4v) is 2.53. The van der Waals surface area contributed by atoms with Crippen molar-refractivity contribution in [2.24, 2.45) is 0 Å². The summed E-state index contributed by atoms with van der Waals surface area (Å²) in [4.78, 5) is 10.9. The van der Waals surface area contributed by atoms with Gasteiger partial charge in [0.2, 0.25) is 0 Å². The van der Waals surface area contributed by atoms with Gasteiger partial charge in [0.05, 0.1) is 23.7 Å². The summed E-state index contributed by atoms with van der Waals surface area (Å²) in [5.41, 5.74) is 0.276. The van der Waals surface area contributed by atoms with Crippen molar-refractivity contribution in [3.8, 4) is 0 Å². The average Bonchev–Trinajstić information content (AvgIpc) is 2.46. The molecule has 6 nitrogen and oxygen atoms in total. The normalized spacial score (nSPS) is 17.9. The van der Waals surface area contributed by atoms with Crippen LogP contribution in [-0.4, -0.2) is 58.9 Å². The zero-order valence-electron chi connectivity index (χ0n) is 13.0. The largest absolute Gasteiger partial charge is 0.388 e.